The normalized spacial score (nSPS) is 11.3. The van der Waals surface area contributed by atoms with Crippen LogP contribution in [0, 0.1) is 6.26 Å². The molecular formula is C15H19O3. The van der Waals surface area contributed by atoms with E-state index in [2.05, 4.69) is 13.2 Å². The summed E-state index contributed by atoms with van der Waals surface area (Å²) in [5, 5.41) is 9.47. The van der Waals surface area contributed by atoms with E-state index in [0.717, 1.165) is 25.7 Å². The first kappa shape index (κ1) is 14.3. The summed E-state index contributed by atoms with van der Waals surface area (Å²) in [4.78, 5) is 11.5. The van der Waals surface area contributed by atoms with Crippen molar-refractivity contribution in [3.8, 4) is 0 Å². The van der Waals surface area contributed by atoms with Crippen LogP contribution in [0.5, 0.6) is 0 Å². The van der Waals surface area contributed by atoms with Crippen LogP contribution in [-0.2, 0) is 4.74 Å². The average molecular weight is 247 g/mol. The Kier molecular flexibility index (Phi) is 6.62. The molecule has 0 aliphatic rings. The van der Waals surface area contributed by atoms with Gasteiger partial charge in [-0.15, -0.1) is 0 Å². The van der Waals surface area contributed by atoms with Gasteiger partial charge in [-0.1, -0.05) is 44.4 Å². The summed E-state index contributed by atoms with van der Waals surface area (Å²) in [5.41, 5.74) is 0.448. The molecule has 1 N–H and O–H groups in total. The number of aliphatic hydroxyl groups excluding tert-OH is 1. The Morgan fingerprint density at radius 2 is 1.94 bits per heavy atom. The van der Waals surface area contributed by atoms with Crippen LogP contribution in [0.1, 0.15) is 49.4 Å². The molecule has 0 fully saturated rings. The maximum atomic E-state index is 11.5. The van der Waals surface area contributed by atoms with Crippen molar-refractivity contribution in [2.45, 2.75) is 39.0 Å². The van der Waals surface area contributed by atoms with E-state index in [4.69, 9.17) is 4.74 Å². The van der Waals surface area contributed by atoms with Gasteiger partial charge < -0.3 is 9.84 Å². The van der Waals surface area contributed by atoms with Crippen molar-refractivity contribution < 1.29 is 14.6 Å². The Morgan fingerprint density at radius 3 is 2.61 bits per heavy atom. The molecule has 3 nitrogen and oxygen atoms in total. The SMILES string of the molecule is CCCCCCC(O)=[C]OC(=O)c1ccccc1. The van der Waals surface area contributed by atoms with Gasteiger partial charge in [0.05, 0.1) is 5.56 Å². The second-order valence-corrected chi connectivity index (χ2v) is 4.11. The van der Waals surface area contributed by atoms with Crippen LogP contribution in [0.15, 0.2) is 36.1 Å². The van der Waals surface area contributed by atoms with E-state index in [9.17, 15) is 9.90 Å². The zero-order valence-corrected chi connectivity index (χ0v) is 10.7. The van der Waals surface area contributed by atoms with Crippen molar-refractivity contribution in [1.82, 2.24) is 0 Å². The molecule has 0 saturated heterocycles. The highest BCUT2D eigenvalue weighted by Gasteiger charge is 2.05. The molecule has 0 atom stereocenters. The monoisotopic (exact) mass is 247 g/mol. The third kappa shape index (κ3) is 5.53. The third-order valence-corrected chi connectivity index (χ3v) is 2.54. The Balaban J connectivity index is 2.32. The highest BCUT2D eigenvalue weighted by atomic mass is 16.5. The third-order valence-electron chi connectivity index (χ3n) is 2.54. The van der Waals surface area contributed by atoms with E-state index in [-0.39, 0.29) is 5.76 Å². The molecule has 0 aromatic heterocycles. The van der Waals surface area contributed by atoms with E-state index >= 15 is 0 Å². The van der Waals surface area contributed by atoms with E-state index in [0.29, 0.717) is 12.0 Å². The molecule has 0 aliphatic carbocycles. The molecule has 0 saturated carbocycles. The first-order valence-corrected chi connectivity index (χ1v) is 6.31. The first-order chi connectivity index (χ1) is 8.74. The van der Waals surface area contributed by atoms with Gasteiger partial charge >= 0.3 is 5.97 Å². The van der Waals surface area contributed by atoms with E-state index in [1.54, 1.807) is 24.3 Å². The van der Waals surface area contributed by atoms with Crippen LogP contribution >= 0.6 is 0 Å². The summed E-state index contributed by atoms with van der Waals surface area (Å²) >= 11 is 0. The largest absolute Gasteiger partial charge is 0.508 e. The second-order valence-electron chi connectivity index (χ2n) is 4.11. The van der Waals surface area contributed by atoms with Crippen molar-refractivity contribution in [3.05, 3.63) is 47.9 Å². The predicted octanol–water partition coefficient (Wildman–Crippen LogP) is 4.02. The number of benzene rings is 1. The summed E-state index contributed by atoms with van der Waals surface area (Å²) in [6.07, 6.45) is 7.03. The molecule has 1 rings (SSSR count). The second kappa shape index (κ2) is 8.34. The Labute approximate surface area is 108 Å². The lowest BCUT2D eigenvalue weighted by Crippen LogP contribution is -2.01. The summed E-state index contributed by atoms with van der Waals surface area (Å²) in [5.74, 6) is -0.508. The number of hydrogen-bond acceptors (Lipinski definition) is 3. The van der Waals surface area contributed by atoms with Crippen molar-refractivity contribution in [2.24, 2.45) is 0 Å². The van der Waals surface area contributed by atoms with Gasteiger partial charge in [-0.05, 0) is 18.6 Å². The Bertz CT molecular complexity index is 382. The number of carbonyl (C=O) groups is 1. The fraction of sp³-hybridized carbons (Fsp3) is 0.400. The van der Waals surface area contributed by atoms with Crippen LogP contribution in [0.25, 0.3) is 0 Å². The molecule has 0 amide bonds. The predicted molar refractivity (Wildman–Crippen MR) is 70.0 cm³/mol. The van der Waals surface area contributed by atoms with Gasteiger partial charge in [-0.3, -0.25) is 0 Å². The van der Waals surface area contributed by atoms with Gasteiger partial charge in [0, 0.05) is 6.42 Å². The van der Waals surface area contributed by atoms with Crippen LogP contribution in [-0.4, -0.2) is 11.1 Å². The van der Waals surface area contributed by atoms with Crippen LogP contribution in [0.4, 0.5) is 0 Å². The lowest BCUT2D eigenvalue weighted by molar-refractivity contribution is 0.0623. The molecular weight excluding hydrogens is 228 g/mol. The van der Waals surface area contributed by atoms with Crippen molar-refractivity contribution >= 4 is 5.97 Å². The van der Waals surface area contributed by atoms with Gasteiger partial charge in [-0.2, -0.15) is 0 Å². The standard InChI is InChI=1S/C15H19O3/c1-2-3-4-8-11-14(16)12-18-15(17)13-9-6-5-7-10-13/h5-7,9-10,16H,2-4,8,11H2,1H3. The molecule has 1 radical (unpaired) electrons. The quantitative estimate of drug-likeness (QED) is 0.450. The average Bonchev–Trinajstić information content (AvgIpc) is 2.42. The zero-order valence-electron chi connectivity index (χ0n) is 10.7. The Hall–Kier alpha value is -1.77. The maximum Gasteiger partial charge on any atom is 0.343 e. The molecule has 18 heavy (non-hydrogen) atoms. The van der Waals surface area contributed by atoms with Gasteiger partial charge in [0.2, 0.25) is 6.26 Å². The highest BCUT2D eigenvalue weighted by Crippen LogP contribution is 2.08. The number of rotatable bonds is 7. The van der Waals surface area contributed by atoms with E-state index in [1.807, 2.05) is 6.07 Å². The fourth-order valence-corrected chi connectivity index (χ4v) is 1.51. The number of allylic oxidation sites excluding steroid dienone is 1. The number of esters is 1. The minimum Gasteiger partial charge on any atom is -0.508 e. The molecule has 1 aromatic rings. The zero-order chi connectivity index (χ0) is 13.2. The van der Waals surface area contributed by atoms with Crippen LogP contribution < -0.4 is 0 Å². The van der Waals surface area contributed by atoms with Crippen molar-refractivity contribution in [2.75, 3.05) is 0 Å². The number of aliphatic hydroxyl groups is 1. The summed E-state index contributed by atoms with van der Waals surface area (Å²) in [7, 11) is 0. The first-order valence-electron chi connectivity index (χ1n) is 6.31. The molecule has 3 heteroatoms. The molecule has 0 spiro atoms. The topological polar surface area (TPSA) is 46.5 Å². The van der Waals surface area contributed by atoms with Gasteiger partial charge in [0.1, 0.15) is 5.76 Å². The summed E-state index contributed by atoms with van der Waals surface area (Å²) in [6.45, 7) is 2.13. The molecule has 0 heterocycles. The van der Waals surface area contributed by atoms with Crippen molar-refractivity contribution in [3.63, 3.8) is 0 Å². The lowest BCUT2D eigenvalue weighted by atomic mass is 10.1. The maximum absolute atomic E-state index is 11.5. The molecule has 1 aromatic carbocycles. The molecule has 0 bridgehead atoms. The highest BCUT2D eigenvalue weighted by molar-refractivity contribution is 5.89. The smallest absolute Gasteiger partial charge is 0.343 e. The summed E-state index contributed by atoms with van der Waals surface area (Å²) in [6, 6.07) is 8.64. The number of unbranched alkanes of at least 4 members (excludes halogenated alkanes) is 3. The molecule has 0 unspecified atom stereocenters. The number of carbonyl (C=O) groups excluding carboxylic acids is 1. The van der Waals surface area contributed by atoms with E-state index in [1.165, 1.54) is 0 Å². The van der Waals surface area contributed by atoms with Crippen LogP contribution in [0.2, 0.25) is 0 Å². The van der Waals surface area contributed by atoms with E-state index < -0.39 is 5.97 Å². The summed E-state index contributed by atoms with van der Waals surface area (Å²) < 4.78 is 4.77. The fourth-order valence-electron chi connectivity index (χ4n) is 1.51. The van der Waals surface area contributed by atoms with Gasteiger partial charge in [0.25, 0.3) is 0 Å². The van der Waals surface area contributed by atoms with Crippen LogP contribution in [0.3, 0.4) is 0 Å². The minimum atomic E-state index is -0.504. The Morgan fingerprint density at radius 1 is 1.22 bits per heavy atom. The van der Waals surface area contributed by atoms with Gasteiger partial charge in [-0.25, -0.2) is 4.79 Å². The lowest BCUT2D eigenvalue weighted by Gasteiger charge is -2.00. The van der Waals surface area contributed by atoms with Gasteiger partial charge in [0.15, 0.2) is 0 Å². The number of hydrogen-bond donors (Lipinski definition) is 1. The molecule has 0 aliphatic heterocycles. The number of ether oxygens (including phenoxy) is 1. The van der Waals surface area contributed by atoms with Crippen molar-refractivity contribution in [1.29, 1.82) is 0 Å². The minimum absolute atomic E-state index is 0.00427. The molecule has 97 valence electrons.